The van der Waals surface area contributed by atoms with Crippen molar-refractivity contribution in [3.63, 3.8) is 0 Å². The van der Waals surface area contributed by atoms with Crippen molar-refractivity contribution in [1.82, 2.24) is 9.38 Å². The second-order valence-corrected chi connectivity index (χ2v) is 7.32. The number of aromatic nitrogens is 2. The molecule has 2 aromatic carbocycles. The first-order chi connectivity index (χ1) is 15.5. The zero-order valence-electron chi connectivity index (χ0n) is 16.6. The lowest BCUT2D eigenvalue weighted by molar-refractivity contribution is -0.111. The standard InChI is InChI=1S/C22H16F3N3O3S/c1-30-16-4-2-3-14(19(16)31-21(24)25)7-10-17(29)26-20-18(13-5-8-15(23)9-6-13)27-22-28(20)11-12-32-22/h2-12,21H,1H3,(H,26,29)/b10-7+. The summed E-state index contributed by atoms with van der Waals surface area (Å²) in [4.78, 5) is 17.8. The van der Waals surface area contributed by atoms with E-state index in [0.717, 1.165) is 0 Å². The number of nitrogens with one attached hydrogen (secondary N) is 1. The minimum absolute atomic E-state index is 0.113. The summed E-state index contributed by atoms with van der Waals surface area (Å²) in [5.74, 6) is -0.569. The van der Waals surface area contributed by atoms with E-state index in [0.29, 0.717) is 22.0 Å². The Morgan fingerprint density at radius 2 is 2.00 bits per heavy atom. The first-order valence-electron chi connectivity index (χ1n) is 9.28. The van der Waals surface area contributed by atoms with Crippen molar-refractivity contribution in [2.45, 2.75) is 6.61 Å². The average molecular weight is 459 g/mol. The van der Waals surface area contributed by atoms with Crippen LogP contribution in [0.2, 0.25) is 0 Å². The van der Waals surface area contributed by atoms with Crippen molar-refractivity contribution in [3.8, 4) is 22.8 Å². The van der Waals surface area contributed by atoms with Gasteiger partial charge in [0.05, 0.1) is 7.11 Å². The van der Waals surface area contributed by atoms with Crippen LogP contribution in [0, 0.1) is 5.82 Å². The molecule has 2 aromatic heterocycles. The summed E-state index contributed by atoms with van der Waals surface area (Å²) in [6, 6.07) is 10.3. The number of benzene rings is 2. The first kappa shape index (κ1) is 21.4. The molecule has 1 amide bonds. The minimum Gasteiger partial charge on any atom is -0.493 e. The molecule has 0 fully saturated rings. The van der Waals surface area contributed by atoms with Crippen LogP contribution >= 0.6 is 11.3 Å². The molecule has 10 heteroatoms. The third-order valence-electron chi connectivity index (χ3n) is 4.47. The van der Waals surface area contributed by atoms with Crippen LogP contribution < -0.4 is 14.8 Å². The summed E-state index contributed by atoms with van der Waals surface area (Å²) >= 11 is 1.38. The van der Waals surface area contributed by atoms with Crippen LogP contribution in [0.5, 0.6) is 11.5 Å². The fraction of sp³-hybridized carbons (Fsp3) is 0.0909. The summed E-state index contributed by atoms with van der Waals surface area (Å²) in [6.45, 7) is -3.05. The number of anilines is 1. The Bertz CT molecular complexity index is 1280. The zero-order chi connectivity index (χ0) is 22.7. The van der Waals surface area contributed by atoms with Gasteiger partial charge in [0.1, 0.15) is 17.3 Å². The van der Waals surface area contributed by atoms with E-state index < -0.39 is 12.5 Å². The van der Waals surface area contributed by atoms with Crippen molar-refractivity contribution < 1.29 is 27.4 Å². The van der Waals surface area contributed by atoms with Crippen LogP contribution in [0.25, 0.3) is 22.3 Å². The summed E-state index contributed by atoms with van der Waals surface area (Å²) in [5.41, 5.74) is 1.34. The van der Waals surface area contributed by atoms with Gasteiger partial charge >= 0.3 is 6.61 Å². The Morgan fingerprint density at radius 3 is 2.72 bits per heavy atom. The maximum atomic E-state index is 13.3. The Kier molecular flexibility index (Phi) is 6.13. The molecule has 32 heavy (non-hydrogen) atoms. The van der Waals surface area contributed by atoms with Gasteiger partial charge in [-0.2, -0.15) is 8.78 Å². The number of halogens is 3. The molecule has 6 nitrogen and oxygen atoms in total. The monoisotopic (exact) mass is 459 g/mol. The van der Waals surface area contributed by atoms with Gasteiger partial charge in [0.15, 0.2) is 16.5 Å². The lowest BCUT2D eigenvalue weighted by atomic mass is 10.1. The molecule has 0 unspecified atom stereocenters. The molecule has 0 atom stereocenters. The number of hydrogen-bond acceptors (Lipinski definition) is 5. The minimum atomic E-state index is -3.05. The van der Waals surface area contributed by atoms with Gasteiger partial charge in [-0.1, -0.05) is 12.1 Å². The van der Waals surface area contributed by atoms with E-state index in [9.17, 15) is 18.0 Å². The van der Waals surface area contributed by atoms with Gasteiger partial charge in [-0.05, 0) is 36.4 Å². The van der Waals surface area contributed by atoms with E-state index in [4.69, 9.17) is 4.74 Å². The summed E-state index contributed by atoms with van der Waals surface area (Å²) < 4.78 is 50.2. The predicted octanol–water partition coefficient (Wildman–Crippen LogP) is 5.46. The molecule has 0 saturated heterocycles. The van der Waals surface area contributed by atoms with Crippen molar-refractivity contribution in [2.75, 3.05) is 12.4 Å². The number of rotatable bonds is 7. The number of imidazole rings is 1. The zero-order valence-corrected chi connectivity index (χ0v) is 17.4. The van der Waals surface area contributed by atoms with Gasteiger partial charge in [0.25, 0.3) is 0 Å². The number of alkyl halides is 2. The number of methoxy groups -OCH3 is 1. The molecule has 0 spiro atoms. The molecule has 0 aliphatic rings. The number of ether oxygens (including phenoxy) is 2. The lowest BCUT2D eigenvalue weighted by Crippen LogP contribution is -2.10. The molecule has 0 radical (unpaired) electrons. The molecule has 0 aliphatic carbocycles. The molecule has 4 aromatic rings. The fourth-order valence-electron chi connectivity index (χ4n) is 3.08. The quantitative estimate of drug-likeness (QED) is 0.373. The van der Waals surface area contributed by atoms with Crippen LogP contribution in [0.15, 0.2) is 60.1 Å². The third kappa shape index (κ3) is 4.45. The topological polar surface area (TPSA) is 64.9 Å². The highest BCUT2D eigenvalue weighted by Crippen LogP contribution is 2.34. The average Bonchev–Trinajstić information content (AvgIpc) is 3.36. The first-order valence-corrected chi connectivity index (χ1v) is 10.2. The van der Waals surface area contributed by atoms with Gasteiger partial charge in [-0.3, -0.25) is 9.20 Å². The summed E-state index contributed by atoms with van der Waals surface area (Å²) in [7, 11) is 1.33. The van der Waals surface area contributed by atoms with Gasteiger partial charge in [0, 0.05) is 28.8 Å². The number of carbonyl (C=O) groups excluding carboxylic acids is 1. The Balaban J connectivity index is 1.63. The molecule has 4 rings (SSSR count). The van der Waals surface area contributed by atoms with E-state index in [2.05, 4.69) is 15.0 Å². The second kappa shape index (κ2) is 9.15. The Labute approximate surface area is 184 Å². The van der Waals surface area contributed by atoms with Gasteiger partial charge in [-0.25, -0.2) is 9.37 Å². The maximum absolute atomic E-state index is 13.3. The molecule has 164 valence electrons. The van der Waals surface area contributed by atoms with E-state index >= 15 is 0 Å². The Morgan fingerprint density at radius 1 is 1.22 bits per heavy atom. The molecular formula is C22H16F3N3O3S. The second-order valence-electron chi connectivity index (χ2n) is 6.45. The van der Waals surface area contributed by atoms with E-state index in [1.54, 1.807) is 28.8 Å². The number of para-hydroxylation sites is 1. The highest BCUT2D eigenvalue weighted by Gasteiger charge is 2.17. The molecule has 0 saturated carbocycles. The van der Waals surface area contributed by atoms with Crippen LogP contribution in [-0.2, 0) is 4.79 Å². The number of fused-ring (bicyclic) bond motifs is 1. The lowest BCUT2D eigenvalue weighted by Gasteiger charge is -2.12. The number of nitrogens with zero attached hydrogens (tertiary/aromatic N) is 2. The largest absolute Gasteiger partial charge is 0.493 e. The van der Waals surface area contributed by atoms with E-state index in [-0.39, 0.29) is 22.9 Å². The normalized spacial score (nSPS) is 11.4. The molecule has 0 bridgehead atoms. The van der Waals surface area contributed by atoms with Crippen LogP contribution in [0.4, 0.5) is 19.0 Å². The van der Waals surface area contributed by atoms with E-state index in [1.165, 1.54) is 54.9 Å². The summed E-state index contributed by atoms with van der Waals surface area (Å²) in [6.07, 6.45) is 4.28. The molecule has 2 heterocycles. The van der Waals surface area contributed by atoms with Crippen molar-refractivity contribution in [1.29, 1.82) is 0 Å². The van der Waals surface area contributed by atoms with Crippen LogP contribution in [0.1, 0.15) is 5.56 Å². The van der Waals surface area contributed by atoms with Gasteiger partial charge in [-0.15, -0.1) is 11.3 Å². The van der Waals surface area contributed by atoms with Crippen molar-refractivity contribution in [2.24, 2.45) is 0 Å². The highest BCUT2D eigenvalue weighted by molar-refractivity contribution is 7.15. The third-order valence-corrected chi connectivity index (χ3v) is 5.23. The predicted molar refractivity (Wildman–Crippen MR) is 116 cm³/mol. The fourth-order valence-corrected chi connectivity index (χ4v) is 3.79. The van der Waals surface area contributed by atoms with Crippen molar-refractivity contribution in [3.05, 3.63) is 71.5 Å². The van der Waals surface area contributed by atoms with Gasteiger partial charge < -0.3 is 14.8 Å². The molecule has 1 N–H and O–H groups in total. The maximum Gasteiger partial charge on any atom is 0.387 e. The highest BCUT2D eigenvalue weighted by atomic mass is 32.1. The number of amides is 1. The Hall–Kier alpha value is -3.79. The number of thiazole rings is 1. The number of hydrogen-bond donors (Lipinski definition) is 1. The molecular weight excluding hydrogens is 443 g/mol. The van der Waals surface area contributed by atoms with E-state index in [1.807, 2.05) is 5.38 Å². The number of carbonyl (C=O) groups is 1. The molecule has 0 aliphatic heterocycles. The smallest absolute Gasteiger partial charge is 0.387 e. The SMILES string of the molecule is COc1cccc(/C=C/C(=O)Nc2c(-c3ccc(F)cc3)nc3sccn23)c1OC(F)F. The van der Waals surface area contributed by atoms with Gasteiger partial charge in [0.2, 0.25) is 5.91 Å². The van der Waals surface area contributed by atoms with Crippen LogP contribution in [-0.4, -0.2) is 29.0 Å². The van der Waals surface area contributed by atoms with Crippen molar-refractivity contribution >= 4 is 34.1 Å². The summed E-state index contributed by atoms with van der Waals surface area (Å²) in [5, 5.41) is 4.57. The van der Waals surface area contributed by atoms with Crippen LogP contribution in [0.3, 0.4) is 0 Å².